The summed E-state index contributed by atoms with van der Waals surface area (Å²) in [5.74, 6) is 1.16. The van der Waals surface area contributed by atoms with Gasteiger partial charge in [0.15, 0.2) is 0 Å². The molecule has 1 aromatic carbocycles. The van der Waals surface area contributed by atoms with E-state index in [1.165, 1.54) is 0 Å². The van der Waals surface area contributed by atoms with Gasteiger partial charge in [0, 0.05) is 51.7 Å². The Balaban J connectivity index is 1.36. The normalized spacial score (nSPS) is 20.6. The molecule has 4 rings (SSSR count). The van der Waals surface area contributed by atoms with Gasteiger partial charge in [0.1, 0.15) is 5.82 Å². The van der Waals surface area contributed by atoms with Crippen molar-refractivity contribution < 1.29 is 4.79 Å². The molecule has 0 spiro atoms. The second-order valence-corrected chi connectivity index (χ2v) is 7.52. The van der Waals surface area contributed by atoms with Gasteiger partial charge in [-0.3, -0.25) is 9.78 Å². The van der Waals surface area contributed by atoms with Crippen LogP contribution in [0, 0.1) is 5.92 Å². The Hall–Kier alpha value is -2.34. The molecule has 0 radical (unpaired) electrons. The van der Waals surface area contributed by atoms with E-state index < -0.39 is 0 Å². The Bertz CT molecular complexity index is 779. The molecule has 0 saturated carbocycles. The van der Waals surface area contributed by atoms with E-state index in [1.807, 2.05) is 29.2 Å². The van der Waals surface area contributed by atoms with Crippen LogP contribution in [-0.4, -0.2) is 60.0 Å². The summed E-state index contributed by atoms with van der Waals surface area (Å²) in [6.07, 6.45) is 7.10. The van der Waals surface area contributed by atoms with Crippen molar-refractivity contribution in [1.29, 1.82) is 0 Å². The van der Waals surface area contributed by atoms with Crippen LogP contribution in [0.3, 0.4) is 0 Å². The number of nitrogens with zero attached hydrogens (tertiary/aromatic N) is 5. The van der Waals surface area contributed by atoms with Crippen molar-refractivity contribution in [3.63, 3.8) is 0 Å². The van der Waals surface area contributed by atoms with Crippen molar-refractivity contribution in [2.75, 3.05) is 49.1 Å². The Morgan fingerprint density at radius 3 is 2.59 bits per heavy atom. The van der Waals surface area contributed by atoms with Crippen LogP contribution in [0.4, 0.5) is 11.5 Å². The van der Waals surface area contributed by atoms with Crippen LogP contribution in [0.5, 0.6) is 0 Å². The van der Waals surface area contributed by atoms with E-state index in [1.54, 1.807) is 18.6 Å². The number of carbonyl (C=O) groups excluding carboxylic acids is 1. The first-order valence-electron chi connectivity index (χ1n) is 9.51. The molecule has 6 nitrogen and oxygen atoms in total. The molecular weight excluding hydrogens is 362 g/mol. The van der Waals surface area contributed by atoms with Crippen molar-refractivity contribution in [2.24, 2.45) is 5.92 Å². The third-order valence-corrected chi connectivity index (χ3v) is 5.75. The maximum atomic E-state index is 13.1. The van der Waals surface area contributed by atoms with Crippen LogP contribution in [0.15, 0.2) is 42.9 Å². The van der Waals surface area contributed by atoms with Crippen molar-refractivity contribution in [3.05, 3.63) is 47.9 Å². The van der Waals surface area contributed by atoms with E-state index in [4.69, 9.17) is 11.6 Å². The lowest BCUT2D eigenvalue weighted by Gasteiger charge is -2.40. The topological polar surface area (TPSA) is 52.6 Å². The maximum absolute atomic E-state index is 13.1. The molecule has 2 saturated heterocycles. The Morgan fingerprint density at radius 1 is 1.04 bits per heavy atom. The van der Waals surface area contributed by atoms with E-state index in [9.17, 15) is 4.79 Å². The average molecular weight is 386 g/mol. The third kappa shape index (κ3) is 4.00. The number of benzene rings is 1. The third-order valence-electron chi connectivity index (χ3n) is 5.43. The number of halogens is 1. The minimum absolute atomic E-state index is 0.0348. The van der Waals surface area contributed by atoms with E-state index >= 15 is 0 Å². The van der Waals surface area contributed by atoms with Crippen molar-refractivity contribution >= 4 is 29.0 Å². The number of anilines is 2. The molecule has 142 valence electrons. The Morgan fingerprint density at radius 2 is 1.85 bits per heavy atom. The summed E-state index contributed by atoms with van der Waals surface area (Å²) in [5, 5.41) is 0.768. The highest BCUT2D eigenvalue weighted by atomic mass is 35.5. The summed E-state index contributed by atoms with van der Waals surface area (Å²) in [6, 6.07) is 7.90. The molecule has 0 aliphatic carbocycles. The molecule has 27 heavy (non-hydrogen) atoms. The smallest absolute Gasteiger partial charge is 0.227 e. The zero-order valence-corrected chi connectivity index (χ0v) is 16.1. The fraction of sp³-hybridized carbons (Fsp3) is 0.450. The summed E-state index contributed by atoms with van der Waals surface area (Å²) in [7, 11) is 0. The lowest BCUT2D eigenvalue weighted by atomic mass is 9.96. The van der Waals surface area contributed by atoms with Crippen LogP contribution in [0.25, 0.3) is 0 Å². The number of piperidine rings is 1. The minimum atomic E-state index is 0.0348. The fourth-order valence-corrected chi connectivity index (χ4v) is 4.23. The molecule has 1 aromatic heterocycles. The highest BCUT2D eigenvalue weighted by molar-refractivity contribution is 6.33. The maximum Gasteiger partial charge on any atom is 0.227 e. The number of piperazine rings is 1. The number of hydrogen-bond acceptors (Lipinski definition) is 5. The number of aromatic nitrogens is 2. The van der Waals surface area contributed by atoms with Gasteiger partial charge in [-0.25, -0.2) is 4.98 Å². The zero-order valence-electron chi connectivity index (χ0n) is 15.3. The van der Waals surface area contributed by atoms with E-state index in [0.29, 0.717) is 0 Å². The molecule has 2 aliphatic rings. The SMILES string of the molecule is O=C(C1CCCN(c2cnccn2)C1)N1CCN(c2ccccc2Cl)CC1. The molecule has 0 bridgehead atoms. The monoisotopic (exact) mass is 385 g/mol. The molecule has 1 amide bonds. The second-order valence-electron chi connectivity index (χ2n) is 7.11. The number of hydrogen-bond donors (Lipinski definition) is 0. The molecule has 1 atom stereocenters. The standard InChI is InChI=1S/C20H24ClN5O/c21-17-5-1-2-6-18(17)24-10-12-25(13-11-24)20(27)16-4-3-9-26(15-16)19-14-22-7-8-23-19/h1-2,5-8,14,16H,3-4,9-13,15H2. The van der Waals surface area contributed by atoms with Gasteiger partial charge in [-0.2, -0.15) is 0 Å². The summed E-state index contributed by atoms with van der Waals surface area (Å²) in [4.78, 5) is 28.0. The molecule has 0 N–H and O–H groups in total. The minimum Gasteiger partial charge on any atom is -0.367 e. The molecule has 2 fully saturated rings. The molecule has 7 heteroatoms. The molecule has 3 heterocycles. The summed E-state index contributed by atoms with van der Waals surface area (Å²) >= 11 is 6.31. The van der Waals surface area contributed by atoms with Gasteiger partial charge in [0.25, 0.3) is 0 Å². The van der Waals surface area contributed by atoms with Gasteiger partial charge >= 0.3 is 0 Å². The highest BCUT2D eigenvalue weighted by Gasteiger charge is 2.31. The van der Waals surface area contributed by atoms with Crippen molar-refractivity contribution in [2.45, 2.75) is 12.8 Å². The van der Waals surface area contributed by atoms with Gasteiger partial charge in [0.05, 0.1) is 22.8 Å². The van der Waals surface area contributed by atoms with Gasteiger partial charge < -0.3 is 14.7 Å². The van der Waals surface area contributed by atoms with Crippen LogP contribution in [-0.2, 0) is 4.79 Å². The first-order valence-corrected chi connectivity index (χ1v) is 9.89. The lowest BCUT2D eigenvalue weighted by Crippen LogP contribution is -2.52. The van der Waals surface area contributed by atoms with Gasteiger partial charge in [-0.05, 0) is 25.0 Å². The van der Waals surface area contributed by atoms with Crippen LogP contribution in [0.2, 0.25) is 5.02 Å². The average Bonchev–Trinajstić information content (AvgIpc) is 2.74. The summed E-state index contributed by atoms with van der Waals surface area (Å²) in [5.41, 5.74) is 1.05. The van der Waals surface area contributed by atoms with Gasteiger partial charge in [-0.1, -0.05) is 23.7 Å². The van der Waals surface area contributed by atoms with Crippen LogP contribution in [0.1, 0.15) is 12.8 Å². The molecule has 1 unspecified atom stereocenters. The Labute approximate surface area is 164 Å². The number of amides is 1. The summed E-state index contributed by atoms with van der Waals surface area (Å²) < 4.78 is 0. The quantitative estimate of drug-likeness (QED) is 0.813. The van der Waals surface area contributed by atoms with Crippen LogP contribution < -0.4 is 9.80 Å². The first kappa shape index (κ1) is 18.0. The molecular formula is C20H24ClN5O. The number of rotatable bonds is 3. The fourth-order valence-electron chi connectivity index (χ4n) is 3.98. The van der Waals surface area contributed by atoms with Gasteiger partial charge in [0.2, 0.25) is 5.91 Å². The van der Waals surface area contributed by atoms with Crippen LogP contribution >= 0.6 is 11.6 Å². The van der Waals surface area contributed by atoms with E-state index in [2.05, 4.69) is 19.8 Å². The second kappa shape index (κ2) is 8.13. The number of carbonyl (C=O) groups is 1. The van der Waals surface area contributed by atoms with Crippen molar-refractivity contribution in [3.8, 4) is 0 Å². The zero-order chi connectivity index (χ0) is 18.6. The highest BCUT2D eigenvalue weighted by Crippen LogP contribution is 2.27. The largest absolute Gasteiger partial charge is 0.367 e. The van der Waals surface area contributed by atoms with E-state index in [0.717, 1.165) is 68.6 Å². The predicted octanol–water partition coefficient (Wildman–Crippen LogP) is 2.70. The Kier molecular flexibility index (Phi) is 5.43. The summed E-state index contributed by atoms with van der Waals surface area (Å²) in [6.45, 7) is 4.77. The van der Waals surface area contributed by atoms with Crippen molar-refractivity contribution in [1.82, 2.24) is 14.9 Å². The molecule has 2 aromatic rings. The molecule has 2 aliphatic heterocycles. The predicted molar refractivity (Wildman–Crippen MR) is 107 cm³/mol. The van der Waals surface area contributed by atoms with Gasteiger partial charge in [-0.15, -0.1) is 0 Å². The lowest BCUT2D eigenvalue weighted by molar-refractivity contribution is -0.136. The number of para-hydroxylation sites is 1. The van der Waals surface area contributed by atoms with E-state index in [-0.39, 0.29) is 11.8 Å². The first-order chi connectivity index (χ1) is 13.2.